The van der Waals surface area contributed by atoms with Crippen LogP contribution in [0.2, 0.25) is 0 Å². The standard InChI is InChI=1S/C7H5BN2/c8-7-6-5(1-3-9-6)2-4-10-7/h1-4,9H. The quantitative estimate of drug-likeness (QED) is 0.509. The Hall–Kier alpha value is -1.25. The second kappa shape index (κ2) is 1.87. The van der Waals surface area contributed by atoms with Crippen molar-refractivity contribution in [1.82, 2.24) is 9.97 Å². The van der Waals surface area contributed by atoms with E-state index in [-0.39, 0.29) is 0 Å². The van der Waals surface area contributed by atoms with E-state index in [1.54, 1.807) is 6.20 Å². The molecule has 46 valence electrons. The van der Waals surface area contributed by atoms with Gasteiger partial charge in [0.25, 0.3) is 0 Å². The van der Waals surface area contributed by atoms with Gasteiger partial charge in [-0.25, -0.2) is 0 Å². The van der Waals surface area contributed by atoms with Crippen molar-refractivity contribution in [2.75, 3.05) is 0 Å². The Kier molecular flexibility index (Phi) is 1.03. The summed E-state index contributed by atoms with van der Waals surface area (Å²) in [5.41, 5.74) is 1.48. The van der Waals surface area contributed by atoms with Gasteiger partial charge in [0.05, 0.1) is 5.52 Å². The summed E-state index contributed by atoms with van der Waals surface area (Å²) >= 11 is 0. The first-order chi connectivity index (χ1) is 4.88. The number of nitrogens with zero attached hydrogens (tertiary/aromatic N) is 1. The Morgan fingerprint density at radius 2 is 2.30 bits per heavy atom. The maximum atomic E-state index is 5.56. The lowest BCUT2D eigenvalue weighted by Crippen LogP contribution is -2.07. The summed E-state index contributed by atoms with van der Waals surface area (Å²) in [6.07, 6.45) is 3.55. The van der Waals surface area contributed by atoms with Crippen molar-refractivity contribution < 1.29 is 0 Å². The van der Waals surface area contributed by atoms with Crippen molar-refractivity contribution in [2.45, 2.75) is 0 Å². The molecule has 0 aromatic carbocycles. The fourth-order valence-electron chi connectivity index (χ4n) is 1.00. The maximum Gasteiger partial charge on any atom is 0.144 e. The van der Waals surface area contributed by atoms with Crippen LogP contribution in [0.15, 0.2) is 24.5 Å². The van der Waals surface area contributed by atoms with Gasteiger partial charge >= 0.3 is 0 Å². The minimum Gasteiger partial charge on any atom is -0.360 e. The predicted octanol–water partition coefficient (Wildman–Crippen LogP) is 0.357. The van der Waals surface area contributed by atoms with Crippen LogP contribution in [0.1, 0.15) is 0 Å². The number of hydrogen-bond acceptors (Lipinski definition) is 1. The van der Waals surface area contributed by atoms with Gasteiger partial charge < -0.3 is 4.98 Å². The predicted molar refractivity (Wildman–Crippen MR) is 41.5 cm³/mol. The lowest BCUT2D eigenvalue weighted by Gasteiger charge is -1.92. The Balaban J connectivity index is 2.95. The van der Waals surface area contributed by atoms with E-state index in [9.17, 15) is 0 Å². The largest absolute Gasteiger partial charge is 0.360 e. The SMILES string of the molecule is [B]c1nccc2cc[nH]c12. The van der Waals surface area contributed by atoms with Gasteiger partial charge in [0.2, 0.25) is 0 Å². The number of hydrogen-bond donors (Lipinski definition) is 1. The molecule has 2 nitrogen and oxygen atoms in total. The molecular weight excluding hydrogens is 123 g/mol. The van der Waals surface area contributed by atoms with E-state index in [2.05, 4.69) is 9.97 Å². The van der Waals surface area contributed by atoms with Crippen LogP contribution in [0.4, 0.5) is 0 Å². The van der Waals surface area contributed by atoms with Gasteiger partial charge in [-0.15, -0.1) is 0 Å². The normalized spacial score (nSPS) is 10.4. The van der Waals surface area contributed by atoms with Gasteiger partial charge in [-0.3, -0.25) is 4.98 Å². The summed E-state index contributed by atoms with van der Waals surface area (Å²) < 4.78 is 0. The number of H-pyrrole nitrogens is 1. The highest BCUT2D eigenvalue weighted by Gasteiger charge is 1.94. The van der Waals surface area contributed by atoms with Crippen molar-refractivity contribution in [3.8, 4) is 0 Å². The molecule has 0 saturated heterocycles. The molecule has 2 aromatic heterocycles. The third kappa shape index (κ3) is 0.636. The molecule has 0 unspecified atom stereocenters. The zero-order valence-electron chi connectivity index (χ0n) is 5.33. The van der Waals surface area contributed by atoms with Crippen molar-refractivity contribution in [3.05, 3.63) is 24.5 Å². The van der Waals surface area contributed by atoms with Crippen molar-refractivity contribution in [3.63, 3.8) is 0 Å². The van der Waals surface area contributed by atoms with Crippen LogP contribution in [-0.4, -0.2) is 17.8 Å². The molecule has 0 aliphatic heterocycles. The Morgan fingerprint density at radius 3 is 3.10 bits per heavy atom. The smallest absolute Gasteiger partial charge is 0.144 e. The maximum absolute atomic E-state index is 5.56. The van der Waals surface area contributed by atoms with Gasteiger partial charge in [-0.1, -0.05) is 0 Å². The molecule has 0 spiro atoms. The van der Waals surface area contributed by atoms with E-state index in [4.69, 9.17) is 7.85 Å². The lowest BCUT2D eigenvalue weighted by atomic mass is 10.0. The van der Waals surface area contributed by atoms with E-state index >= 15 is 0 Å². The van der Waals surface area contributed by atoms with E-state index in [0.29, 0.717) is 5.59 Å². The minimum atomic E-state index is 0.558. The molecule has 0 saturated carbocycles. The zero-order chi connectivity index (χ0) is 6.97. The fourth-order valence-corrected chi connectivity index (χ4v) is 1.00. The molecule has 2 rings (SSSR count). The molecular formula is C7H5BN2. The first kappa shape index (κ1) is 5.53. The van der Waals surface area contributed by atoms with Gasteiger partial charge in [0.15, 0.2) is 0 Å². The second-order valence-electron chi connectivity index (χ2n) is 2.14. The number of aromatic amines is 1. The van der Waals surface area contributed by atoms with Crippen LogP contribution in [0.25, 0.3) is 10.9 Å². The molecule has 2 heterocycles. The Labute approximate surface area is 59.7 Å². The van der Waals surface area contributed by atoms with E-state index < -0.39 is 0 Å². The molecule has 0 amide bonds. The molecule has 0 bridgehead atoms. The van der Waals surface area contributed by atoms with Crippen LogP contribution in [0.3, 0.4) is 0 Å². The molecule has 3 heteroatoms. The average molecular weight is 128 g/mol. The van der Waals surface area contributed by atoms with Gasteiger partial charge in [0.1, 0.15) is 7.85 Å². The van der Waals surface area contributed by atoms with E-state index in [1.807, 2.05) is 18.3 Å². The number of pyridine rings is 1. The van der Waals surface area contributed by atoms with Crippen LogP contribution in [0.5, 0.6) is 0 Å². The number of rotatable bonds is 0. The first-order valence-corrected chi connectivity index (χ1v) is 3.05. The number of aromatic nitrogens is 2. The number of nitrogens with one attached hydrogen (secondary N) is 1. The summed E-state index contributed by atoms with van der Waals surface area (Å²) in [6, 6.07) is 3.88. The third-order valence-electron chi connectivity index (χ3n) is 1.50. The Bertz CT molecular complexity index is 353. The van der Waals surface area contributed by atoms with Crippen LogP contribution in [0, 0.1) is 0 Å². The average Bonchev–Trinajstić information content (AvgIpc) is 2.36. The number of fused-ring (bicyclic) bond motifs is 1. The summed E-state index contributed by atoms with van der Waals surface area (Å²) in [6.45, 7) is 0. The molecule has 0 aliphatic carbocycles. The first-order valence-electron chi connectivity index (χ1n) is 3.05. The molecule has 2 aromatic rings. The molecule has 2 radical (unpaired) electrons. The molecule has 1 N–H and O–H groups in total. The van der Waals surface area contributed by atoms with E-state index in [0.717, 1.165) is 10.9 Å². The van der Waals surface area contributed by atoms with Crippen LogP contribution >= 0.6 is 0 Å². The molecule has 0 atom stereocenters. The summed E-state index contributed by atoms with van der Waals surface area (Å²) in [4.78, 5) is 6.93. The van der Waals surface area contributed by atoms with Crippen molar-refractivity contribution in [1.29, 1.82) is 0 Å². The summed E-state index contributed by atoms with van der Waals surface area (Å²) in [7, 11) is 5.56. The topological polar surface area (TPSA) is 28.7 Å². The molecule has 0 fully saturated rings. The molecule has 10 heavy (non-hydrogen) atoms. The monoisotopic (exact) mass is 128 g/mol. The summed E-state index contributed by atoms with van der Waals surface area (Å²) in [5, 5.41) is 1.10. The van der Waals surface area contributed by atoms with E-state index in [1.165, 1.54) is 0 Å². The van der Waals surface area contributed by atoms with Gasteiger partial charge in [0, 0.05) is 23.4 Å². The van der Waals surface area contributed by atoms with Crippen LogP contribution in [-0.2, 0) is 0 Å². The Morgan fingerprint density at radius 1 is 1.40 bits per heavy atom. The molecule has 0 aliphatic rings. The lowest BCUT2D eigenvalue weighted by molar-refractivity contribution is 1.39. The van der Waals surface area contributed by atoms with Crippen molar-refractivity contribution in [2.24, 2.45) is 0 Å². The minimum absolute atomic E-state index is 0.558. The van der Waals surface area contributed by atoms with Crippen LogP contribution < -0.4 is 5.59 Å². The van der Waals surface area contributed by atoms with Crippen molar-refractivity contribution >= 4 is 24.3 Å². The zero-order valence-corrected chi connectivity index (χ0v) is 5.33. The second-order valence-corrected chi connectivity index (χ2v) is 2.14. The van der Waals surface area contributed by atoms with Gasteiger partial charge in [-0.2, -0.15) is 0 Å². The summed E-state index contributed by atoms with van der Waals surface area (Å²) in [5.74, 6) is 0. The third-order valence-corrected chi connectivity index (χ3v) is 1.50. The van der Waals surface area contributed by atoms with Gasteiger partial charge in [-0.05, 0) is 12.1 Å². The highest BCUT2D eigenvalue weighted by molar-refractivity contribution is 6.36. The fraction of sp³-hybridized carbons (Fsp3) is 0. The highest BCUT2D eigenvalue weighted by atomic mass is 14.7. The highest BCUT2D eigenvalue weighted by Crippen LogP contribution is 2.05.